The van der Waals surface area contributed by atoms with Crippen molar-refractivity contribution in [1.82, 2.24) is 0 Å². The van der Waals surface area contributed by atoms with Crippen molar-refractivity contribution in [2.45, 2.75) is 6.92 Å². The van der Waals surface area contributed by atoms with E-state index in [0.717, 1.165) is 22.7 Å². The molecular weight excluding hydrogens is 276 g/mol. The van der Waals surface area contributed by atoms with E-state index in [2.05, 4.69) is 10.2 Å². The Morgan fingerprint density at radius 2 is 1.18 bits per heavy atom. The molecule has 0 bridgehead atoms. The number of azo groups is 1. The number of carbonyl (C=O) groups excluding carboxylic acids is 1. The summed E-state index contributed by atoms with van der Waals surface area (Å²) in [5.41, 5.74) is 3.50. The topological polar surface area (TPSA) is 48.3 Å². The first-order chi connectivity index (χ1) is 10.5. The van der Waals surface area contributed by atoms with Crippen LogP contribution in [0.4, 0.5) is 22.7 Å². The van der Waals surface area contributed by atoms with Gasteiger partial charge < -0.3 is 9.80 Å². The Hall–Kier alpha value is -2.69. The summed E-state index contributed by atoms with van der Waals surface area (Å²) in [7, 11) is 5.73. The second-order valence-electron chi connectivity index (χ2n) is 5.21. The average molecular weight is 296 g/mol. The lowest BCUT2D eigenvalue weighted by atomic mass is 10.2. The highest BCUT2D eigenvalue weighted by Crippen LogP contribution is 2.23. The van der Waals surface area contributed by atoms with Crippen LogP contribution in [0.3, 0.4) is 0 Å². The number of hydrogen-bond donors (Lipinski definition) is 0. The maximum absolute atomic E-state index is 11.3. The maximum atomic E-state index is 11.3. The second-order valence-corrected chi connectivity index (χ2v) is 5.21. The number of carbonyl (C=O) groups is 1. The van der Waals surface area contributed by atoms with E-state index >= 15 is 0 Å². The molecule has 2 aromatic rings. The highest BCUT2D eigenvalue weighted by molar-refractivity contribution is 5.90. The Kier molecular flexibility index (Phi) is 4.88. The highest BCUT2D eigenvalue weighted by Gasteiger charge is 2.04. The summed E-state index contributed by atoms with van der Waals surface area (Å²) in [6, 6.07) is 15.2. The third kappa shape index (κ3) is 3.91. The van der Waals surface area contributed by atoms with E-state index in [1.807, 2.05) is 67.5 Å². The first kappa shape index (κ1) is 15.7. The Labute approximate surface area is 130 Å². The molecular formula is C17H20N4O. The summed E-state index contributed by atoms with van der Waals surface area (Å²) < 4.78 is 0. The van der Waals surface area contributed by atoms with E-state index in [-0.39, 0.29) is 5.91 Å². The van der Waals surface area contributed by atoms with E-state index in [1.165, 1.54) is 6.92 Å². The minimum atomic E-state index is -0.00430. The molecule has 0 aliphatic carbocycles. The molecule has 0 aliphatic rings. The minimum absolute atomic E-state index is 0.00430. The van der Waals surface area contributed by atoms with Gasteiger partial charge in [0, 0.05) is 39.4 Å². The van der Waals surface area contributed by atoms with Crippen molar-refractivity contribution < 1.29 is 4.79 Å². The van der Waals surface area contributed by atoms with Gasteiger partial charge >= 0.3 is 0 Å². The molecule has 2 rings (SSSR count). The van der Waals surface area contributed by atoms with Crippen LogP contribution in [0, 0.1) is 0 Å². The number of anilines is 2. The molecule has 22 heavy (non-hydrogen) atoms. The van der Waals surface area contributed by atoms with Crippen molar-refractivity contribution in [2.24, 2.45) is 10.2 Å². The maximum Gasteiger partial charge on any atom is 0.223 e. The van der Waals surface area contributed by atoms with Gasteiger partial charge in [-0.25, -0.2) is 0 Å². The second kappa shape index (κ2) is 6.85. The molecule has 0 fully saturated rings. The molecule has 5 nitrogen and oxygen atoms in total. The van der Waals surface area contributed by atoms with E-state index < -0.39 is 0 Å². The molecule has 0 N–H and O–H groups in total. The van der Waals surface area contributed by atoms with Gasteiger partial charge in [-0.3, -0.25) is 4.79 Å². The van der Waals surface area contributed by atoms with Crippen molar-refractivity contribution in [2.75, 3.05) is 30.9 Å². The van der Waals surface area contributed by atoms with Crippen LogP contribution in [0.25, 0.3) is 0 Å². The standard InChI is InChI=1S/C17H20N4O/c1-13(22)21(4)17-11-7-15(8-12-17)19-18-14-5-9-16(10-6-14)20(2)3/h5-12H,1-4H3. The third-order valence-corrected chi connectivity index (χ3v) is 3.36. The normalized spacial score (nSPS) is 10.7. The van der Waals surface area contributed by atoms with Crippen LogP contribution in [-0.2, 0) is 4.79 Å². The van der Waals surface area contributed by atoms with Crippen LogP contribution in [-0.4, -0.2) is 27.1 Å². The van der Waals surface area contributed by atoms with E-state index in [4.69, 9.17) is 0 Å². The zero-order valence-corrected chi connectivity index (χ0v) is 13.3. The minimum Gasteiger partial charge on any atom is -0.378 e. The molecule has 0 radical (unpaired) electrons. The molecule has 2 aromatic carbocycles. The monoisotopic (exact) mass is 296 g/mol. The number of benzene rings is 2. The lowest BCUT2D eigenvalue weighted by molar-refractivity contribution is -0.116. The van der Waals surface area contributed by atoms with Gasteiger partial charge in [0.25, 0.3) is 0 Å². The fourth-order valence-electron chi connectivity index (χ4n) is 1.86. The quantitative estimate of drug-likeness (QED) is 0.796. The molecule has 114 valence electrons. The summed E-state index contributed by atoms with van der Waals surface area (Å²) in [6.45, 7) is 1.53. The van der Waals surface area contributed by atoms with Gasteiger partial charge in [-0.1, -0.05) is 0 Å². The van der Waals surface area contributed by atoms with Gasteiger partial charge in [-0.15, -0.1) is 0 Å². The summed E-state index contributed by atoms with van der Waals surface area (Å²) >= 11 is 0. The van der Waals surface area contributed by atoms with Crippen LogP contribution < -0.4 is 9.80 Å². The summed E-state index contributed by atoms with van der Waals surface area (Å²) in [4.78, 5) is 14.9. The molecule has 0 heterocycles. The largest absolute Gasteiger partial charge is 0.378 e. The highest BCUT2D eigenvalue weighted by atomic mass is 16.2. The Balaban J connectivity index is 2.08. The van der Waals surface area contributed by atoms with Gasteiger partial charge in [-0.05, 0) is 48.5 Å². The van der Waals surface area contributed by atoms with Gasteiger partial charge in [0.15, 0.2) is 0 Å². The molecule has 0 spiro atoms. The van der Waals surface area contributed by atoms with Crippen molar-refractivity contribution in [3.05, 3.63) is 48.5 Å². The fourth-order valence-corrected chi connectivity index (χ4v) is 1.86. The van der Waals surface area contributed by atoms with Crippen molar-refractivity contribution in [3.63, 3.8) is 0 Å². The van der Waals surface area contributed by atoms with Crippen molar-refractivity contribution >= 4 is 28.7 Å². The van der Waals surface area contributed by atoms with Crippen LogP contribution in [0.1, 0.15) is 6.92 Å². The number of amides is 1. The molecule has 1 amide bonds. The van der Waals surface area contributed by atoms with E-state index in [1.54, 1.807) is 11.9 Å². The molecule has 5 heteroatoms. The Morgan fingerprint density at radius 3 is 1.55 bits per heavy atom. The summed E-state index contributed by atoms with van der Waals surface area (Å²) in [6.07, 6.45) is 0. The fraction of sp³-hybridized carbons (Fsp3) is 0.235. The first-order valence-corrected chi connectivity index (χ1v) is 7.01. The molecule has 0 saturated heterocycles. The zero-order chi connectivity index (χ0) is 16.1. The van der Waals surface area contributed by atoms with Crippen LogP contribution in [0.2, 0.25) is 0 Å². The SMILES string of the molecule is CC(=O)N(C)c1ccc(N=Nc2ccc(N(C)C)cc2)cc1. The van der Waals surface area contributed by atoms with E-state index in [9.17, 15) is 4.79 Å². The molecule has 0 atom stereocenters. The third-order valence-electron chi connectivity index (χ3n) is 3.36. The number of hydrogen-bond acceptors (Lipinski definition) is 4. The molecule has 0 aliphatic heterocycles. The Morgan fingerprint density at radius 1 is 0.773 bits per heavy atom. The predicted octanol–water partition coefficient (Wildman–Crippen LogP) is 4.15. The summed E-state index contributed by atoms with van der Waals surface area (Å²) in [5.74, 6) is -0.00430. The Bertz CT molecular complexity index is 660. The number of rotatable bonds is 4. The van der Waals surface area contributed by atoms with Gasteiger partial charge in [-0.2, -0.15) is 10.2 Å². The summed E-state index contributed by atoms with van der Waals surface area (Å²) in [5, 5.41) is 8.42. The molecule has 0 saturated carbocycles. The lowest BCUT2D eigenvalue weighted by Gasteiger charge is -2.14. The number of nitrogens with zero attached hydrogens (tertiary/aromatic N) is 4. The average Bonchev–Trinajstić information content (AvgIpc) is 2.53. The van der Waals surface area contributed by atoms with Crippen LogP contribution in [0.5, 0.6) is 0 Å². The van der Waals surface area contributed by atoms with Crippen LogP contribution in [0.15, 0.2) is 58.8 Å². The zero-order valence-electron chi connectivity index (χ0n) is 13.3. The van der Waals surface area contributed by atoms with E-state index in [0.29, 0.717) is 0 Å². The van der Waals surface area contributed by atoms with Gasteiger partial charge in [0.05, 0.1) is 11.4 Å². The van der Waals surface area contributed by atoms with Crippen molar-refractivity contribution in [3.8, 4) is 0 Å². The lowest BCUT2D eigenvalue weighted by Crippen LogP contribution is -2.22. The van der Waals surface area contributed by atoms with Gasteiger partial charge in [0.2, 0.25) is 5.91 Å². The van der Waals surface area contributed by atoms with Gasteiger partial charge in [0.1, 0.15) is 0 Å². The van der Waals surface area contributed by atoms with Crippen LogP contribution >= 0.6 is 0 Å². The first-order valence-electron chi connectivity index (χ1n) is 7.01. The molecule has 0 unspecified atom stereocenters. The van der Waals surface area contributed by atoms with Crippen molar-refractivity contribution in [1.29, 1.82) is 0 Å². The predicted molar refractivity (Wildman–Crippen MR) is 90.5 cm³/mol. The molecule has 0 aromatic heterocycles. The smallest absolute Gasteiger partial charge is 0.223 e.